The van der Waals surface area contributed by atoms with Crippen molar-refractivity contribution in [3.05, 3.63) is 0 Å². The van der Waals surface area contributed by atoms with E-state index in [1.165, 1.54) is 25.7 Å². The molecule has 1 unspecified atom stereocenters. The number of nitrogens with two attached hydrogens (primary N) is 1. The Hall–Kier alpha value is -0.220. The maximum atomic E-state index is 11.8. The van der Waals surface area contributed by atoms with Gasteiger partial charge in [-0.05, 0) is 44.1 Å². The van der Waals surface area contributed by atoms with E-state index in [-0.39, 0.29) is 18.0 Å². The third-order valence-electron chi connectivity index (χ3n) is 3.45. The molecule has 4 heteroatoms. The van der Waals surface area contributed by atoms with Crippen LogP contribution < -0.4 is 11.1 Å². The average molecular weight is 244 g/mol. The summed E-state index contributed by atoms with van der Waals surface area (Å²) in [6, 6.07) is -0.0494. The van der Waals surface area contributed by atoms with Gasteiger partial charge in [-0.25, -0.2) is 0 Å². The van der Waals surface area contributed by atoms with Crippen LogP contribution in [0.2, 0.25) is 0 Å². The highest BCUT2D eigenvalue weighted by molar-refractivity contribution is 7.98. The van der Waals surface area contributed by atoms with Crippen LogP contribution >= 0.6 is 11.8 Å². The number of thioether (sulfide) groups is 1. The molecule has 3 nitrogen and oxygen atoms in total. The minimum Gasteiger partial charge on any atom is -0.352 e. The van der Waals surface area contributed by atoms with Crippen LogP contribution in [0.4, 0.5) is 0 Å². The molecule has 0 heterocycles. The van der Waals surface area contributed by atoms with Crippen molar-refractivity contribution in [2.24, 2.45) is 11.7 Å². The molecule has 1 rings (SSSR count). The van der Waals surface area contributed by atoms with Crippen molar-refractivity contribution in [1.82, 2.24) is 5.32 Å². The van der Waals surface area contributed by atoms with Crippen molar-refractivity contribution >= 4 is 17.7 Å². The predicted octanol–water partition coefficient (Wildman–Crippen LogP) is 1.76. The lowest BCUT2D eigenvalue weighted by Gasteiger charge is -2.22. The molecule has 0 aromatic carbocycles. The molecule has 1 amide bonds. The van der Waals surface area contributed by atoms with Gasteiger partial charge in [0.2, 0.25) is 5.91 Å². The SMILES string of the molecule is CSCC[C@@H](N)C(=O)NC(C)C1CCCC1. The fourth-order valence-corrected chi connectivity index (χ4v) is 2.77. The van der Waals surface area contributed by atoms with E-state index in [0.29, 0.717) is 5.92 Å². The summed E-state index contributed by atoms with van der Waals surface area (Å²) in [6.07, 6.45) is 7.92. The summed E-state index contributed by atoms with van der Waals surface area (Å²) in [5, 5.41) is 3.06. The topological polar surface area (TPSA) is 55.1 Å². The van der Waals surface area contributed by atoms with Gasteiger partial charge in [0.25, 0.3) is 0 Å². The van der Waals surface area contributed by atoms with Gasteiger partial charge in [-0.2, -0.15) is 11.8 Å². The number of carbonyl (C=O) groups excluding carboxylic acids is 1. The van der Waals surface area contributed by atoms with E-state index < -0.39 is 0 Å². The first kappa shape index (κ1) is 13.8. The molecular weight excluding hydrogens is 220 g/mol. The van der Waals surface area contributed by atoms with Gasteiger partial charge in [-0.15, -0.1) is 0 Å². The number of hydrogen-bond donors (Lipinski definition) is 2. The van der Waals surface area contributed by atoms with Crippen LogP contribution in [0.15, 0.2) is 0 Å². The zero-order valence-corrected chi connectivity index (χ0v) is 11.2. The maximum absolute atomic E-state index is 11.8. The molecule has 0 aromatic heterocycles. The van der Waals surface area contributed by atoms with Gasteiger partial charge in [0.05, 0.1) is 6.04 Å². The number of rotatable bonds is 6. The van der Waals surface area contributed by atoms with Gasteiger partial charge in [0.15, 0.2) is 0 Å². The van der Waals surface area contributed by atoms with Gasteiger partial charge >= 0.3 is 0 Å². The van der Waals surface area contributed by atoms with Gasteiger partial charge in [-0.1, -0.05) is 12.8 Å². The molecule has 16 heavy (non-hydrogen) atoms. The lowest BCUT2D eigenvalue weighted by atomic mass is 9.99. The van der Waals surface area contributed by atoms with Crippen LogP contribution in [-0.2, 0) is 4.79 Å². The Balaban J connectivity index is 2.26. The lowest BCUT2D eigenvalue weighted by Crippen LogP contribution is -2.46. The van der Waals surface area contributed by atoms with Crippen molar-refractivity contribution in [2.75, 3.05) is 12.0 Å². The molecule has 0 bridgehead atoms. The summed E-state index contributed by atoms with van der Waals surface area (Å²) >= 11 is 1.73. The van der Waals surface area contributed by atoms with Crippen molar-refractivity contribution < 1.29 is 4.79 Å². The Morgan fingerprint density at radius 2 is 2.12 bits per heavy atom. The van der Waals surface area contributed by atoms with E-state index in [4.69, 9.17) is 5.73 Å². The van der Waals surface area contributed by atoms with Gasteiger partial charge in [0, 0.05) is 6.04 Å². The highest BCUT2D eigenvalue weighted by Crippen LogP contribution is 2.27. The summed E-state index contributed by atoms with van der Waals surface area (Å²) in [6.45, 7) is 2.11. The molecular formula is C12H24N2OS. The quantitative estimate of drug-likeness (QED) is 0.748. The van der Waals surface area contributed by atoms with Crippen LogP contribution in [0.1, 0.15) is 39.0 Å². The summed E-state index contributed by atoms with van der Waals surface area (Å²) in [7, 11) is 0. The Labute approximate surface area is 103 Å². The molecule has 1 fully saturated rings. The molecule has 0 radical (unpaired) electrons. The molecule has 0 aliphatic heterocycles. The third kappa shape index (κ3) is 4.34. The van der Waals surface area contributed by atoms with Crippen molar-refractivity contribution in [2.45, 2.75) is 51.1 Å². The van der Waals surface area contributed by atoms with Crippen LogP contribution in [0, 0.1) is 5.92 Å². The highest BCUT2D eigenvalue weighted by Gasteiger charge is 2.24. The van der Waals surface area contributed by atoms with Crippen LogP contribution in [-0.4, -0.2) is 30.0 Å². The fraction of sp³-hybridized carbons (Fsp3) is 0.917. The first-order valence-electron chi connectivity index (χ1n) is 6.20. The van der Waals surface area contributed by atoms with E-state index in [1.54, 1.807) is 11.8 Å². The lowest BCUT2D eigenvalue weighted by molar-refractivity contribution is -0.123. The van der Waals surface area contributed by atoms with E-state index in [0.717, 1.165) is 12.2 Å². The minimum absolute atomic E-state index is 0.0217. The molecule has 0 saturated heterocycles. The second-order valence-corrected chi connectivity index (χ2v) is 5.72. The molecule has 94 valence electrons. The van der Waals surface area contributed by atoms with E-state index in [9.17, 15) is 4.79 Å². The molecule has 0 aromatic rings. The predicted molar refractivity (Wildman–Crippen MR) is 70.5 cm³/mol. The first-order chi connectivity index (χ1) is 7.65. The number of hydrogen-bond acceptors (Lipinski definition) is 3. The second kappa shape index (κ2) is 7.17. The minimum atomic E-state index is -0.337. The standard InChI is InChI=1S/C12H24N2OS/c1-9(10-5-3-4-6-10)14-12(15)11(13)7-8-16-2/h9-11H,3-8,13H2,1-2H3,(H,14,15)/t9?,11-/m1/s1. The second-order valence-electron chi connectivity index (χ2n) is 4.73. The molecule has 1 aliphatic rings. The number of nitrogens with one attached hydrogen (secondary N) is 1. The smallest absolute Gasteiger partial charge is 0.237 e. The molecule has 2 atom stereocenters. The van der Waals surface area contributed by atoms with Crippen molar-refractivity contribution in [3.63, 3.8) is 0 Å². The van der Waals surface area contributed by atoms with E-state index in [2.05, 4.69) is 12.2 Å². The molecule has 1 saturated carbocycles. The number of amides is 1. The first-order valence-corrected chi connectivity index (χ1v) is 7.59. The Kier molecular flexibility index (Phi) is 6.21. The van der Waals surface area contributed by atoms with Crippen molar-refractivity contribution in [1.29, 1.82) is 0 Å². The molecule has 1 aliphatic carbocycles. The van der Waals surface area contributed by atoms with Gasteiger partial charge in [0.1, 0.15) is 0 Å². The number of carbonyl (C=O) groups is 1. The zero-order valence-electron chi connectivity index (χ0n) is 10.4. The largest absolute Gasteiger partial charge is 0.352 e. The van der Waals surface area contributed by atoms with E-state index in [1.807, 2.05) is 6.26 Å². The Morgan fingerprint density at radius 3 is 2.69 bits per heavy atom. The Morgan fingerprint density at radius 1 is 1.50 bits per heavy atom. The van der Waals surface area contributed by atoms with Crippen molar-refractivity contribution in [3.8, 4) is 0 Å². The molecule has 0 spiro atoms. The fourth-order valence-electron chi connectivity index (χ4n) is 2.28. The van der Waals surface area contributed by atoms with Crippen LogP contribution in [0.3, 0.4) is 0 Å². The summed E-state index contributed by atoms with van der Waals surface area (Å²) in [5.41, 5.74) is 5.82. The summed E-state index contributed by atoms with van der Waals surface area (Å²) in [4.78, 5) is 11.8. The highest BCUT2D eigenvalue weighted by atomic mass is 32.2. The maximum Gasteiger partial charge on any atom is 0.237 e. The normalized spacial score (nSPS) is 20.7. The molecule has 3 N–H and O–H groups in total. The summed E-state index contributed by atoms with van der Waals surface area (Å²) < 4.78 is 0. The summed E-state index contributed by atoms with van der Waals surface area (Å²) in [5.74, 6) is 1.64. The average Bonchev–Trinajstić information content (AvgIpc) is 2.79. The Bertz CT molecular complexity index is 217. The van der Waals surface area contributed by atoms with Crippen LogP contribution in [0.25, 0.3) is 0 Å². The van der Waals surface area contributed by atoms with Gasteiger partial charge < -0.3 is 11.1 Å². The monoisotopic (exact) mass is 244 g/mol. The van der Waals surface area contributed by atoms with Crippen LogP contribution in [0.5, 0.6) is 0 Å². The van der Waals surface area contributed by atoms with Gasteiger partial charge in [-0.3, -0.25) is 4.79 Å². The van der Waals surface area contributed by atoms with E-state index >= 15 is 0 Å². The third-order valence-corrected chi connectivity index (χ3v) is 4.09. The zero-order chi connectivity index (χ0) is 12.0.